The molecule has 3 aromatic rings. The fourth-order valence-electron chi connectivity index (χ4n) is 2.68. The van der Waals surface area contributed by atoms with Crippen molar-refractivity contribution < 1.29 is 27.0 Å². The Morgan fingerprint density at radius 3 is 2.21 bits per heavy atom. The zero-order chi connectivity index (χ0) is 20.4. The SMILES string of the molecule is COC(C)(c1cncnc1)c1ccc(-c2ccc(OC(F)(F)F)cc2F)cn1. The molecule has 0 spiro atoms. The Balaban J connectivity index is 1.90. The summed E-state index contributed by atoms with van der Waals surface area (Å²) in [6, 6.07) is 6.17. The second-order valence-electron chi connectivity index (χ2n) is 5.99. The minimum Gasteiger partial charge on any atom is -0.406 e. The van der Waals surface area contributed by atoms with E-state index in [4.69, 9.17) is 4.74 Å². The lowest BCUT2D eigenvalue weighted by molar-refractivity contribution is -0.274. The Labute approximate surface area is 158 Å². The van der Waals surface area contributed by atoms with Gasteiger partial charge in [0.25, 0.3) is 0 Å². The quantitative estimate of drug-likeness (QED) is 0.598. The molecule has 1 unspecified atom stereocenters. The number of rotatable bonds is 5. The number of aromatic nitrogens is 3. The predicted octanol–water partition coefficient (Wildman–Crippen LogP) is 4.49. The van der Waals surface area contributed by atoms with E-state index in [0.717, 1.165) is 6.07 Å². The van der Waals surface area contributed by atoms with E-state index in [1.807, 2.05) is 0 Å². The standard InChI is InChI=1S/C19H15F4N3O2/c1-18(27-2,13-9-24-11-25-10-13)17-6-3-12(8-26-17)15-5-4-14(7-16(15)20)28-19(21,22)23/h3-11H,1-2H3. The maximum absolute atomic E-state index is 14.3. The summed E-state index contributed by atoms with van der Waals surface area (Å²) in [5.41, 5.74) is 0.768. The highest BCUT2D eigenvalue weighted by Crippen LogP contribution is 2.33. The molecule has 9 heteroatoms. The molecule has 1 atom stereocenters. The largest absolute Gasteiger partial charge is 0.573 e. The minimum atomic E-state index is -4.89. The van der Waals surface area contributed by atoms with Crippen molar-refractivity contribution in [2.24, 2.45) is 0 Å². The van der Waals surface area contributed by atoms with Crippen LogP contribution in [0.3, 0.4) is 0 Å². The van der Waals surface area contributed by atoms with Crippen molar-refractivity contribution in [3.8, 4) is 16.9 Å². The van der Waals surface area contributed by atoms with Crippen molar-refractivity contribution in [3.05, 3.63) is 72.3 Å². The summed E-state index contributed by atoms with van der Waals surface area (Å²) >= 11 is 0. The molecule has 5 nitrogen and oxygen atoms in total. The third-order valence-corrected chi connectivity index (χ3v) is 4.26. The molecule has 146 valence electrons. The van der Waals surface area contributed by atoms with E-state index < -0.39 is 23.5 Å². The average Bonchev–Trinajstić information content (AvgIpc) is 2.67. The molecule has 0 aliphatic heterocycles. The van der Waals surface area contributed by atoms with E-state index in [2.05, 4.69) is 19.7 Å². The van der Waals surface area contributed by atoms with Gasteiger partial charge in [-0.05, 0) is 25.1 Å². The van der Waals surface area contributed by atoms with Crippen LogP contribution < -0.4 is 4.74 Å². The van der Waals surface area contributed by atoms with E-state index in [9.17, 15) is 17.6 Å². The lowest BCUT2D eigenvalue weighted by atomic mass is 9.93. The van der Waals surface area contributed by atoms with Gasteiger partial charge in [-0.25, -0.2) is 14.4 Å². The van der Waals surface area contributed by atoms with E-state index in [1.54, 1.807) is 31.5 Å². The summed E-state index contributed by atoms with van der Waals surface area (Å²) in [5, 5.41) is 0. The van der Waals surface area contributed by atoms with Gasteiger partial charge >= 0.3 is 6.36 Å². The van der Waals surface area contributed by atoms with Crippen molar-refractivity contribution in [3.63, 3.8) is 0 Å². The van der Waals surface area contributed by atoms with Crippen LogP contribution in [0, 0.1) is 5.82 Å². The topological polar surface area (TPSA) is 57.1 Å². The van der Waals surface area contributed by atoms with E-state index >= 15 is 0 Å². The number of benzene rings is 1. The van der Waals surface area contributed by atoms with Crippen LogP contribution in [0.2, 0.25) is 0 Å². The summed E-state index contributed by atoms with van der Waals surface area (Å²) < 4.78 is 60.3. The number of halogens is 4. The lowest BCUT2D eigenvalue weighted by Crippen LogP contribution is -2.27. The summed E-state index contributed by atoms with van der Waals surface area (Å²) in [4.78, 5) is 12.3. The normalized spacial score (nSPS) is 13.8. The molecule has 0 bridgehead atoms. The zero-order valence-corrected chi connectivity index (χ0v) is 14.9. The molecule has 0 saturated carbocycles. The zero-order valence-electron chi connectivity index (χ0n) is 14.9. The minimum absolute atomic E-state index is 0.0933. The molecule has 28 heavy (non-hydrogen) atoms. The van der Waals surface area contributed by atoms with Crippen molar-refractivity contribution in [1.29, 1.82) is 0 Å². The summed E-state index contributed by atoms with van der Waals surface area (Å²) in [5.74, 6) is -1.49. The first-order chi connectivity index (χ1) is 13.2. The smallest absolute Gasteiger partial charge is 0.406 e. The van der Waals surface area contributed by atoms with Gasteiger partial charge in [0, 0.05) is 48.5 Å². The van der Waals surface area contributed by atoms with Gasteiger partial charge in [0.15, 0.2) is 0 Å². The summed E-state index contributed by atoms with van der Waals surface area (Å²) in [6.07, 6.45) is 1.13. The van der Waals surface area contributed by atoms with Crippen LogP contribution >= 0.6 is 0 Å². The third-order valence-electron chi connectivity index (χ3n) is 4.26. The first-order valence-corrected chi connectivity index (χ1v) is 8.06. The Kier molecular flexibility index (Phi) is 5.28. The van der Waals surface area contributed by atoms with Crippen molar-refractivity contribution in [1.82, 2.24) is 15.0 Å². The Morgan fingerprint density at radius 1 is 0.964 bits per heavy atom. The monoisotopic (exact) mass is 393 g/mol. The molecule has 1 aromatic carbocycles. The van der Waals surface area contributed by atoms with Crippen LogP contribution in [0.15, 0.2) is 55.2 Å². The Bertz CT molecular complexity index is 950. The second-order valence-corrected chi connectivity index (χ2v) is 5.99. The number of hydrogen-bond donors (Lipinski definition) is 0. The molecule has 0 N–H and O–H groups in total. The summed E-state index contributed by atoms with van der Waals surface area (Å²) in [6.45, 7) is 1.79. The van der Waals surface area contributed by atoms with Crippen LogP contribution in [0.5, 0.6) is 5.75 Å². The van der Waals surface area contributed by atoms with Crippen LogP contribution in [0.1, 0.15) is 18.2 Å². The van der Waals surface area contributed by atoms with Crippen molar-refractivity contribution in [2.75, 3.05) is 7.11 Å². The molecule has 0 amide bonds. The Morgan fingerprint density at radius 2 is 1.68 bits per heavy atom. The number of methoxy groups -OCH3 is 1. The first kappa shape index (κ1) is 19.7. The van der Waals surface area contributed by atoms with Crippen LogP contribution in [0.4, 0.5) is 17.6 Å². The van der Waals surface area contributed by atoms with Crippen LogP contribution in [0.25, 0.3) is 11.1 Å². The second kappa shape index (κ2) is 7.51. The van der Waals surface area contributed by atoms with Gasteiger partial charge in [0.1, 0.15) is 23.5 Å². The molecule has 0 aliphatic carbocycles. The van der Waals surface area contributed by atoms with E-state index in [-0.39, 0.29) is 5.56 Å². The number of nitrogens with zero attached hydrogens (tertiary/aromatic N) is 3. The molecule has 0 fully saturated rings. The van der Waals surface area contributed by atoms with Gasteiger partial charge in [-0.3, -0.25) is 4.98 Å². The highest BCUT2D eigenvalue weighted by molar-refractivity contribution is 5.64. The van der Waals surface area contributed by atoms with Gasteiger partial charge in [0.2, 0.25) is 0 Å². The molecular weight excluding hydrogens is 378 g/mol. The molecule has 2 aromatic heterocycles. The fourth-order valence-corrected chi connectivity index (χ4v) is 2.68. The molecule has 0 saturated heterocycles. The highest BCUT2D eigenvalue weighted by Gasteiger charge is 2.32. The lowest BCUT2D eigenvalue weighted by Gasteiger charge is -2.27. The maximum atomic E-state index is 14.3. The maximum Gasteiger partial charge on any atom is 0.573 e. The molecule has 0 aliphatic rings. The predicted molar refractivity (Wildman–Crippen MR) is 91.8 cm³/mol. The molecular formula is C19H15F4N3O2. The number of ether oxygens (including phenoxy) is 2. The van der Waals surface area contributed by atoms with Crippen molar-refractivity contribution in [2.45, 2.75) is 18.9 Å². The summed E-state index contributed by atoms with van der Waals surface area (Å²) in [7, 11) is 1.52. The van der Waals surface area contributed by atoms with Gasteiger partial charge in [0.05, 0.1) is 5.69 Å². The van der Waals surface area contributed by atoms with Crippen molar-refractivity contribution >= 4 is 0 Å². The third kappa shape index (κ3) is 4.09. The highest BCUT2D eigenvalue weighted by atomic mass is 19.4. The number of pyridine rings is 1. The first-order valence-electron chi connectivity index (χ1n) is 8.06. The molecule has 2 heterocycles. The number of alkyl halides is 3. The number of hydrogen-bond acceptors (Lipinski definition) is 5. The van der Waals surface area contributed by atoms with Gasteiger partial charge < -0.3 is 9.47 Å². The van der Waals surface area contributed by atoms with Gasteiger partial charge in [-0.2, -0.15) is 0 Å². The van der Waals surface area contributed by atoms with Crippen LogP contribution in [-0.4, -0.2) is 28.4 Å². The molecule has 0 radical (unpaired) electrons. The van der Waals surface area contributed by atoms with E-state index in [1.165, 1.54) is 25.7 Å². The van der Waals surface area contributed by atoms with Crippen LogP contribution in [-0.2, 0) is 10.3 Å². The van der Waals surface area contributed by atoms with E-state index in [0.29, 0.717) is 22.9 Å². The molecule has 3 rings (SSSR count). The Hall–Kier alpha value is -3.07. The van der Waals surface area contributed by atoms with Gasteiger partial charge in [-0.1, -0.05) is 6.07 Å². The fraction of sp³-hybridized carbons (Fsp3) is 0.211. The average molecular weight is 393 g/mol. The van der Waals surface area contributed by atoms with Gasteiger partial charge in [-0.15, -0.1) is 13.2 Å².